The molecule has 5 nitrogen and oxygen atoms in total. The standard InChI is InChI=1S/C13H19NO4S/c1-4-5-11-6-8-12(9-7-11)19(16,17)14(2)10-13(15)18-3/h6-9H,4-5,10H2,1-3H3. The van der Waals surface area contributed by atoms with Gasteiger partial charge in [0.15, 0.2) is 0 Å². The highest BCUT2D eigenvalue weighted by Crippen LogP contribution is 2.15. The number of hydrogen-bond donors (Lipinski definition) is 0. The van der Waals surface area contributed by atoms with E-state index >= 15 is 0 Å². The van der Waals surface area contributed by atoms with Crippen molar-refractivity contribution in [2.45, 2.75) is 24.7 Å². The number of sulfonamides is 1. The molecule has 0 spiro atoms. The minimum absolute atomic E-state index is 0.179. The quantitative estimate of drug-likeness (QED) is 0.742. The third-order valence-electron chi connectivity index (χ3n) is 2.75. The maximum Gasteiger partial charge on any atom is 0.321 e. The maximum atomic E-state index is 12.2. The Morgan fingerprint density at radius 2 is 1.84 bits per heavy atom. The number of carbonyl (C=O) groups excluding carboxylic acids is 1. The molecule has 0 bridgehead atoms. The largest absolute Gasteiger partial charge is 0.468 e. The first kappa shape index (κ1) is 15.7. The molecule has 106 valence electrons. The second-order valence-electron chi connectivity index (χ2n) is 4.23. The highest BCUT2D eigenvalue weighted by atomic mass is 32.2. The van der Waals surface area contributed by atoms with Crippen molar-refractivity contribution >= 4 is 16.0 Å². The third kappa shape index (κ3) is 4.04. The number of rotatable bonds is 6. The van der Waals surface area contributed by atoms with Gasteiger partial charge in [-0.2, -0.15) is 4.31 Å². The van der Waals surface area contributed by atoms with Crippen LogP contribution in [0.15, 0.2) is 29.2 Å². The summed E-state index contributed by atoms with van der Waals surface area (Å²) in [6.45, 7) is 1.77. The molecule has 0 unspecified atom stereocenters. The van der Waals surface area contributed by atoms with Crippen LogP contribution in [0.25, 0.3) is 0 Å². The first-order chi connectivity index (χ1) is 8.91. The molecule has 0 fully saturated rings. The molecule has 0 heterocycles. The van der Waals surface area contributed by atoms with Gasteiger partial charge in [0, 0.05) is 7.05 Å². The fourth-order valence-electron chi connectivity index (χ4n) is 1.63. The Bertz CT molecular complexity index is 522. The van der Waals surface area contributed by atoms with Crippen LogP contribution in [0.1, 0.15) is 18.9 Å². The van der Waals surface area contributed by atoms with E-state index < -0.39 is 16.0 Å². The zero-order chi connectivity index (χ0) is 14.5. The number of ether oxygens (including phenoxy) is 1. The van der Waals surface area contributed by atoms with Gasteiger partial charge in [0.2, 0.25) is 10.0 Å². The molecule has 1 aromatic carbocycles. The molecule has 1 aromatic rings. The highest BCUT2D eigenvalue weighted by Gasteiger charge is 2.22. The second-order valence-corrected chi connectivity index (χ2v) is 6.28. The van der Waals surface area contributed by atoms with Crippen molar-refractivity contribution in [3.8, 4) is 0 Å². The van der Waals surface area contributed by atoms with Crippen molar-refractivity contribution in [3.05, 3.63) is 29.8 Å². The van der Waals surface area contributed by atoms with Crippen LogP contribution in [-0.4, -0.2) is 39.4 Å². The molecular weight excluding hydrogens is 266 g/mol. The van der Waals surface area contributed by atoms with Gasteiger partial charge in [-0.05, 0) is 24.1 Å². The van der Waals surface area contributed by atoms with E-state index in [2.05, 4.69) is 11.7 Å². The lowest BCUT2D eigenvalue weighted by Crippen LogP contribution is -2.32. The number of methoxy groups -OCH3 is 1. The first-order valence-corrected chi connectivity index (χ1v) is 7.48. The summed E-state index contributed by atoms with van der Waals surface area (Å²) >= 11 is 0. The molecule has 0 saturated carbocycles. The van der Waals surface area contributed by atoms with Gasteiger partial charge >= 0.3 is 5.97 Å². The zero-order valence-electron chi connectivity index (χ0n) is 11.4. The van der Waals surface area contributed by atoms with Crippen LogP contribution >= 0.6 is 0 Å². The summed E-state index contributed by atoms with van der Waals surface area (Å²) in [5.41, 5.74) is 1.09. The number of nitrogens with zero attached hydrogens (tertiary/aromatic N) is 1. The lowest BCUT2D eigenvalue weighted by atomic mass is 10.1. The van der Waals surface area contributed by atoms with Crippen LogP contribution in [0.5, 0.6) is 0 Å². The molecule has 6 heteroatoms. The lowest BCUT2D eigenvalue weighted by Gasteiger charge is -2.16. The molecule has 0 N–H and O–H groups in total. The monoisotopic (exact) mass is 285 g/mol. The topological polar surface area (TPSA) is 63.7 Å². The minimum atomic E-state index is -3.64. The van der Waals surface area contributed by atoms with Gasteiger partial charge in [-0.25, -0.2) is 8.42 Å². The SMILES string of the molecule is CCCc1ccc(S(=O)(=O)N(C)CC(=O)OC)cc1. The van der Waals surface area contributed by atoms with Gasteiger partial charge in [0.25, 0.3) is 0 Å². The average molecular weight is 285 g/mol. The summed E-state index contributed by atoms with van der Waals surface area (Å²) in [6.07, 6.45) is 1.92. The van der Waals surface area contributed by atoms with E-state index in [1.54, 1.807) is 24.3 Å². The average Bonchev–Trinajstić information content (AvgIpc) is 2.39. The lowest BCUT2D eigenvalue weighted by molar-refractivity contribution is -0.140. The molecule has 19 heavy (non-hydrogen) atoms. The predicted molar refractivity (Wildman–Crippen MR) is 72.3 cm³/mol. The second kappa shape index (κ2) is 6.68. The number of aryl methyl sites for hydroxylation is 1. The molecule has 0 saturated heterocycles. The molecule has 0 aliphatic rings. The summed E-state index contributed by atoms with van der Waals surface area (Å²) in [5.74, 6) is -0.589. The van der Waals surface area contributed by atoms with Crippen LogP contribution in [0.3, 0.4) is 0 Å². The van der Waals surface area contributed by atoms with Crippen molar-refractivity contribution in [2.24, 2.45) is 0 Å². The minimum Gasteiger partial charge on any atom is -0.468 e. The van der Waals surface area contributed by atoms with E-state index in [1.807, 2.05) is 0 Å². The van der Waals surface area contributed by atoms with Crippen LogP contribution in [0.2, 0.25) is 0 Å². The summed E-state index contributed by atoms with van der Waals surface area (Å²) in [5, 5.41) is 0. The summed E-state index contributed by atoms with van der Waals surface area (Å²) < 4.78 is 29.8. The van der Waals surface area contributed by atoms with E-state index in [0.29, 0.717) is 0 Å². The van der Waals surface area contributed by atoms with Crippen LogP contribution in [0.4, 0.5) is 0 Å². The van der Waals surface area contributed by atoms with Gasteiger partial charge in [-0.3, -0.25) is 4.79 Å². The van der Waals surface area contributed by atoms with Crippen LogP contribution in [0, 0.1) is 0 Å². The van der Waals surface area contributed by atoms with Crippen molar-refractivity contribution in [1.29, 1.82) is 0 Å². The van der Waals surface area contributed by atoms with E-state index in [9.17, 15) is 13.2 Å². The van der Waals surface area contributed by atoms with Crippen molar-refractivity contribution in [2.75, 3.05) is 20.7 Å². The third-order valence-corrected chi connectivity index (χ3v) is 4.57. The molecular formula is C13H19NO4S. The Kier molecular flexibility index (Phi) is 5.50. The summed E-state index contributed by atoms with van der Waals surface area (Å²) in [6, 6.07) is 6.72. The van der Waals surface area contributed by atoms with E-state index in [1.165, 1.54) is 14.2 Å². The van der Waals surface area contributed by atoms with Gasteiger partial charge in [0.05, 0.1) is 12.0 Å². The molecule has 1 rings (SSSR count). The maximum absolute atomic E-state index is 12.2. The fraction of sp³-hybridized carbons (Fsp3) is 0.462. The normalized spacial score (nSPS) is 11.6. The number of hydrogen-bond acceptors (Lipinski definition) is 4. The van der Waals surface area contributed by atoms with Gasteiger partial charge in [-0.15, -0.1) is 0 Å². The Labute approximate surface area is 114 Å². The van der Waals surface area contributed by atoms with Crippen LogP contribution < -0.4 is 0 Å². The predicted octanol–water partition coefficient (Wildman–Crippen LogP) is 1.43. The van der Waals surface area contributed by atoms with Gasteiger partial charge < -0.3 is 4.74 Å². The Balaban J connectivity index is 2.90. The Morgan fingerprint density at radius 1 is 1.26 bits per heavy atom. The van der Waals surface area contributed by atoms with Gasteiger partial charge in [-0.1, -0.05) is 25.5 Å². The van der Waals surface area contributed by atoms with E-state index in [4.69, 9.17) is 0 Å². The number of esters is 1. The van der Waals surface area contributed by atoms with Gasteiger partial charge in [0.1, 0.15) is 6.54 Å². The van der Waals surface area contributed by atoms with E-state index in [-0.39, 0.29) is 11.4 Å². The van der Waals surface area contributed by atoms with Crippen molar-refractivity contribution in [3.63, 3.8) is 0 Å². The number of carbonyl (C=O) groups is 1. The molecule has 0 aliphatic heterocycles. The number of benzene rings is 1. The van der Waals surface area contributed by atoms with Crippen molar-refractivity contribution in [1.82, 2.24) is 4.31 Å². The Morgan fingerprint density at radius 3 is 2.32 bits per heavy atom. The van der Waals surface area contributed by atoms with Crippen LogP contribution in [-0.2, 0) is 26.0 Å². The number of likely N-dealkylation sites (N-methyl/N-ethyl adjacent to an activating group) is 1. The van der Waals surface area contributed by atoms with E-state index in [0.717, 1.165) is 22.7 Å². The summed E-state index contributed by atoms with van der Waals surface area (Å²) in [4.78, 5) is 11.3. The molecule has 0 atom stereocenters. The Hall–Kier alpha value is -1.40. The summed E-state index contributed by atoms with van der Waals surface area (Å²) in [7, 11) is -1.07. The van der Waals surface area contributed by atoms with Crippen molar-refractivity contribution < 1.29 is 17.9 Å². The molecule has 0 aromatic heterocycles. The fourth-order valence-corrected chi connectivity index (χ4v) is 2.74. The molecule has 0 amide bonds. The first-order valence-electron chi connectivity index (χ1n) is 6.04. The molecule has 0 aliphatic carbocycles. The smallest absolute Gasteiger partial charge is 0.321 e. The highest BCUT2D eigenvalue weighted by molar-refractivity contribution is 7.89. The molecule has 0 radical (unpaired) electrons. The zero-order valence-corrected chi connectivity index (χ0v) is 12.2.